The van der Waals surface area contributed by atoms with Crippen LogP contribution < -0.4 is 0 Å². The van der Waals surface area contributed by atoms with Crippen molar-refractivity contribution in [2.75, 3.05) is 0 Å². The molecular formula is C14H11N3O4. The number of para-hydroxylation sites is 2. The van der Waals surface area contributed by atoms with Gasteiger partial charge in [-0.2, -0.15) is 0 Å². The molecule has 3 rings (SSSR count). The van der Waals surface area contributed by atoms with Crippen LogP contribution in [0.3, 0.4) is 0 Å². The number of hydrogen-bond donors (Lipinski definition) is 0. The summed E-state index contributed by atoms with van der Waals surface area (Å²) in [5, 5.41) is 7.35. The molecule has 0 aliphatic heterocycles. The minimum Gasteiger partial charge on any atom is -0.452 e. The first-order chi connectivity index (χ1) is 10.2. The Morgan fingerprint density at radius 3 is 2.90 bits per heavy atom. The maximum absolute atomic E-state index is 11.5. The molecule has 0 unspecified atom stereocenters. The number of carbonyl (C=O) groups is 1. The highest BCUT2D eigenvalue weighted by atomic mass is 16.5. The predicted octanol–water partition coefficient (Wildman–Crippen LogP) is 2.28. The molecule has 0 aliphatic rings. The van der Waals surface area contributed by atoms with Gasteiger partial charge in [-0.1, -0.05) is 12.1 Å². The van der Waals surface area contributed by atoms with Gasteiger partial charge in [0, 0.05) is 19.1 Å². The zero-order chi connectivity index (χ0) is 14.7. The third-order valence-electron chi connectivity index (χ3n) is 2.58. The van der Waals surface area contributed by atoms with Crippen molar-refractivity contribution in [3.05, 3.63) is 48.0 Å². The van der Waals surface area contributed by atoms with E-state index in [4.69, 9.17) is 13.6 Å². The average Bonchev–Trinajstić information content (AvgIpc) is 3.08. The smallest absolute Gasteiger partial charge is 0.331 e. The molecule has 0 aliphatic carbocycles. The van der Waals surface area contributed by atoms with Gasteiger partial charge in [0.1, 0.15) is 5.52 Å². The summed E-state index contributed by atoms with van der Waals surface area (Å²) >= 11 is 0. The minimum atomic E-state index is -0.548. The molecule has 0 bridgehead atoms. The number of benzene rings is 1. The van der Waals surface area contributed by atoms with Gasteiger partial charge in [-0.25, -0.2) is 9.78 Å². The molecular weight excluding hydrogens is 274 g/mol. The van der Waals surface area contributed by atoms with Crippen LogP contribution >= 0.6 is 0 Å². The molecule has 0 saturated heterocycles. The number of esters is 1. The third-order valence-corrected chi connectivity index (χ3v) is 2.58. The second kappa shape index (κ2) is 5.58. The molecule has 1 aromatic carbocycles. The van der Waals surface area contributed by atoms with E-state index < -0.39 is 5.97 Å². The topological polar surface area (TPSA) is 91.2 Å². The largest absolute Gasteiger partial charge is 0.452 e. The van der Waals surface area contributed by atoms with E-state index in [-0.39, 0.29) is 12.5 Å². The summed E-state index contributed by atoms with van der Waals surface area (Å²) < 4.78 is 15.5. The van der Waals surface area contributed by atoms with Crippen molar-refractivity contribution in [1.82, 2.24) is 15.2 Å². The second-order valence-electron chi connectivity index (χ2n) is 4.18. The van der Waals surface area contributed by atoms with E-state index in [1.807, 2.05) is 18.2 Å². The number of ether oxygens (including phenoxy) is 1. The SMILES string of the molecule is Cc1nnc(COC(=O)/C=C/c2nc3ccccc3o2)o1. The Balaban J connectivity index is 1.61. The molecule has 0 saturated carbocycles. The summed E-state index contributed by atoms with van der Waals surface area (Å²) in [6.45, 7) is 1.59. The molecule has 3 aromatic rings. The molecule has 21 heavy (non-hydrogen) atoms. The molecule has 2 aromatic heterocycles. The van der Waals surface area contributed by atoms with Gasteiger partial charge in [-0.05, 0) is 12.1 Å². The first-order valence-corrected chi connectivity index (χ1v) is 6.20. The van der Waals surface area contributed by atoms with Gasteiger partial charge in [0.2, 0.25) is 11.8 Å². The highest BCUT2D eigenvalue weighted by Gasteiger charge is 2.06. The summed E-state index contributed by atoms with van der Waals surface area (Å²) in [6, 6.07) is 7.34. The summed E-state index contributed by atoms with van der Waals surface area (Å²) in [5.74, 6) is 0.453. The number of nitrogens with zero attached hydrogens (tertiary/aromatic N) is 3. The number of rotatable bonds is 4. The maximum atomic E-state index is 11.5. The van der Waals surface area contributed by atoms with E-state index in [0.717, 1.165) is 5.52 Å². The summed E-state index contributed by atoms with van der Waals surface area (Å²) in [4.78, 5) is 15.7. The minimum absolute atomic E-state index is 0.0719. The number of fused-ring (bicyclic) bond motifs is 1. The van der Waals surface area contributed by atoms with E-state index in [1.165, 1.54) is 12.2 Å². The predicted molar refractivity (Wildman–Crippen MR) is 71.9 cm³/mol. The normalized spacial score (nSPS) is 11.3. The van der Waals surface area contributed by atoms with E-state index in [0.29, 0.717) is 17.4 Å². The Labute approximate surface area is 119 Å². The van der Waals surface area contributed by atoms with Crippen LogP contribution in [0.15, 0.2) is 39.2 Å². The Bertz CT molecular complexity index is 770. The number of oxazole rings is 1. The van der Waals surface area contributed by atoms with Crippen molar-refractivity contribution in [3.8, 4) is 0 Å². The van der Waals surface area contributed by atoms with Crippen molar-refractivity contribution < 1.29 is 18.4 Å². The van der Waals surface area contributed by atoms with Gasteiger partial charge in [-0.3, -0.25) is 0 Å². The summed E-state index contributed by atoms with van der Waals surface area (Å²) in [6.07, 6.45) is 2.68. The van der Waals surface area contributed by atoms with E-state index in [9.17, 15) is 4.79 Å². The molecule has 0 N–H and O–H groups in total. The van der Waals surface area contributed by atoms with Crippen LogP contribution in [0.25, 0.3) is 17.2 Å². The fourth-order valence-corrected chi connectivity index (χ4v) is 1.68. The lowest BCUT2D eigenvalue weighted by Crippen LogP contribution is -2.00. The van der Waals surface area contributed by atoms with Crippen molar-refractivity contribution in [1.29, 1.82) is 0 Å². The highest BCUT2D eigenvalue weighted by Crippen LogP contribution is 2.15. The average molecular weight is 285 g/mol. The Morgan fingerprint density at radius 2 is 2.14 bits per heavy atom. The zero-order valence-electron chi connectivity index (χ0n) is 11.1. The molecule has 7 heteroatoms. The first-order valence-electron chi connectivity index (χ1n) is 6.20. The van der Waals surface area contributed by atoms with Crippen LogP contribution in [-0.4, -0.2) is 21.2 Å². The van der Waals surface area contributed by atoms with Gasteiger partial charge in [0.25, 0.3) is 5.89 Å². The number of carbonyl (C=O) groups excluding carboxylic acids is 1. The number of hydrogen-bond acceptors (Lipinski definition) is 7. The van der Waals surface area contributed by atoms with Crippen LogP contribution in [0.4, 0.5) is 0 Å². The lowest BCUT2D eigenvalue weighted by atomic mass is 10.3. The second-order valence-corrected chi connectivity index (χ2v) is 4.18. The Kier molecular flexibility index (Phi) is 3.46. The summed E-state index contributed by atoms with van der Waals surface area (Å²) in [7, 11) is 0. The van der Waals surface area contributed by atoms with Crippen LogP contribution in [0.1, 0.15) is 17.7 Å². The fourth-order valence-electron chi connectivity index (χ4n) is 1.68. The number of aromatic nitrogens is 3. The van der Waals surface area contributed by atoms with Crippen molar-refractivity contribution in [2.24, 2.45) is 0 Å². The third kappa shape index (κ3) is 3.14. The van der Waals surface area contributed by atoms with Gasteiger partial charge in [0.05, 0.1) is 0 Å². The van der Waals surface area contributed by atoms with Crippen LogP contribution in [-0.2, 0) is 16.1 Å². The Morgan fingerprint density at radius 1 is 1.29 bits per heavy atom. The van der Waals surface area contributed by atoms with Gasteiger partial charge < -0.3 is 13.6 Å². The van der Waals surface area contributed by atoms with Crippen molar-refractivity contribution >= 4 is 23.1 Å². The molecule has 0 radical (unpaired) electrons. The monoisotopic (exact) mass is 285 g/mol. The van der Waals surface area contributed by atoms with Gasteiger partial charge >= 0.3 is 5.97 Å². The van der Waals surface area contributed by atoms with Crippen molar-refractivity contribution in [2.45, 2.75) is 13.5 Å². The first kappa shape index (κ1) is 13.0. The molecule has 0 atom stereocenters. The lowest BCUT2D eigenvalue weighted by Gasteiger charge is -1.95. The molecule has 0 spiro atoms. The van der Waals surface area contributed by atoms with E-state index >= 15 is 0 Å². The summed E-state index contributed by atoms with van der Waals surface area (Å²) in [5.41, 5.74) is 1.39. The highest BCUT2D eigenvalue weighted by molar-refractivity contribution is 5.86. The fraction of sp³-hybridized carbons (Fsp3) is 0.143. The van der Waals surface area contributed by atoms with Gasteiger partial charge in [-0.15, -0.1) is 10.2 Å². The molecule has 106 valence electrons. The van der Waals surface area contributed by atoms with Gasteiger partial charge in [0.15, 0.2) is 12.2 Å². The zero-order valence-corrected chi connectivity index (χ0v) is 11.1. The maximum Gasteiger partial charge on any atom is 0.331 e. The van der Waals surface area contributed by atoms with Crippen LogP contribution in [0, 0.1) is 6.92 Å². The molecule has 0 fully saturated rings. The Hall–Kier alpha value is -2.96. The standard InChI is InChI=1S/C14H11N3O4/c1-9-16-17-13(20-9)8-19-14(18)7-6-12-15-10-4-2-3-5-11(10)21-12/h2-7H,8H2,1H3/b7-6+. The van der Waals surface area contributed by atoms with Crippen molar-refractivity contribution in [3.63, 3.8) is 0 Å². The van der Waals surface area contributed by atoms with Crippen LogP contribution in [0.5, 0.6) is 0 Å². The molecule has 2 heterocycles. The lowest BCUT2D eigenvalue weighted by molar-refractivity contribution is -0.139. The molecule has 7 nitrogen and oxygen atoms in total. The van der Waals surface area contributed by atoms with E-state index in [2.05, 4.69) is 15.2 Å². The molecule has 0 amide bonds. The quantitative estimate of drug-likeness (QED) is 0.536. The van der Waals surface area contributed by atoms with E-state index in [1.54, 1.807) is 13.0 Å². The van der Waals surface area contributed by atoms with Crippen LogP contribution in [0.2, 0.25) is 0 Å². The number of aryl methyl sites for hydroxylation is 1.